The lowest BCUT2D eigenvalue weighted by Gasteiger charge is -2.18. The van der Waals surface area contributed by atoms with Crippen molar-refractivity contribution in [3.63, 3.8) is 0 Å². The maximum Gasteiger partial charge on any atom is 0.0464 e. The van der Waals surface area contributed by atoms with E-state index in [1.807, 2.05) is 0 Å². The maximum atomic E-state index is 4.32. The van der Waals surface area contributed by atoms with Gasteiger partial charge in [-0.25, -0.2) is 0 Å². The number of hydrazone groups is 1. The zero-order valence-corrected chi connectivity index (χ0v) is 7.94. The number of hydrogen-bond acceptors (Lipinski definition) is 2. The van der Waals surface area contributed by atoms with Crippen LogP contribution in [0.15, 0.2) is 5.10 Å². The van der Waals surface area contributed by atoms with Crippen molar-refractivity contribution in [3.8, 4) is 0 Å². The van der Waals surface area contributed by atoms with Crippen LogP contribution in [0.3, 0.4) is 0 Å². The Morgan fingerprint density at radius 1 is 1.36 bits per heavy atom. The van der Waals surface area contributed by atoms with Gasteiger partial charge in [0.25, 0.3) is 0 Å². The summed E-state index contributed by atoms with van der Waals surface area (Å²) >= 11 is 0. The third-order valence-corrected chi connectivity index (χ3v) is 1.74. The normalized spacial score (nSPS) is 20.2. The fourth-order valence-electron chi connectivity index (χ4n) is 0.848. The predicted octanol–water partition coefficient (Wildman–Crippen LogP) is 2.16. The van der Waals surface area contributed by atoms with Gasteiger partial charge < -0.3 is 5.43 Å². The summed E-state index contributed by atoms with van der Waals surface area (Å²) in [5, 5.41) is 4.32. The number of nitrogens with one attached hydrogen (secondary N) is 1. The second-order valence-corrected chi connectivity index (χ2v) is 4.39. The van der Waals surface area contributed by atoms with E-state index in [0.29, 0.717) is 0 Å². The molecule has 1 fully saturated rings. The van der Waals surface area contributed by atoms with E-state index in [-0.39, 0.29) is 5.54 Å². The molecular formula is C9H18N2. The van der Waals surface area contributed by atoms with Gasteiger partial charge in [-0.15, -0.1) is 0 Å². The van der Waals surface area contributed by atoms with E-state index in [1.165, 1.54) is 18.6 Å². The molecule has 0 aromatic carbocycles. The lowest BCUT2D eigenvalue weighted by Crippen LogP contribution is -2.32. The lowest BCUT2D eigenvalue weighted by atomic mass is 10.1. The van der Waals surface area contributed by atoms with Gasteiger partial charge in [0.05, 0.1) is 0 Å². The summed E-state index contributed by atoms with van der Waals surface area (Å²) in [4.78, 5) is 0. The van der Waals surface area contributed by atoms with Crippen molar-refractivity contribution in [3.05, 3.63) is 0 Å². The number of rotatable bonds is 2. The fourth-order valence-corrected chi connectivity index (χ4v) is 0.848. The first-order chi connectivity index (χ1) is 4.99. The van der Waals surface area contributed by atoms with Crippen LogP contribution in [-0.4, -0.2) is 11.3 Å². The van der Waals surface area contributed by atoms with Crippen LogP contribution in [0.2, 0.25) is 0 Å². The van der Waals surface area contributed by atoms with E-state index in [0.717, 1.165) is 5.92 Å². The SMILES string of the molecule is C/C(=N\NC(C)(C)C)C1CC1. The lowest BCUT2D eigenvalue weighted by molar-refractivity contribution is 0.440. The van der Waals surface area contributed by atoms with Crippen LogP contribution in [0.5, 0.6) is 0 Å². The molecule has 0 heterocycles. The monoisotopic (exact) mass is 154 g/mol. The van der Waals surface area contributed by atoms with Crippen molar-refractivity contribution < 1.29 is 0 Å². The zero-order valence-electron chi connectivity index (χ0n) is 7.94. The smallest absolute Gasteiger partial charge is 0.0464 e. The highest BCUT2D eigenvalue weighted by molar-refractivity contribution is 5.86. The molecule has 0 atom stereocenters. The first-order valence-corrected chi connectivity index (χ1v) is 4.30. The van der Waals surface area contributed by atoms with Crippen LogP contribution in [0.1, 0.15) is 40.5 Å². The molecule has 0 spiro atoms. The Hall–Kier alpha value is -0.530. The average molecular weight is 154 g/mol. The summed E-state index contributed by atoms with van der Waals surface area (Å²) in [6, 6.07) is 0. The molecule has 11 heavy (non-hydrogen) atoms. The van der Waals surface area contributed by atoms with Gasteiger partial charge >= 0.3 is 0 Å². The van der Waals surface area contributed by atoms with Gasteiger partial charge in [-0.3, -0.25) is 0 Å². The molecule has 0 aromatic rings. The van der Waals surface area contributed by atoms with E-state index < -0.39 is 0 Å². The zero-order chi connectivity index (χ0) is 8.48. The van der Waals surface area contributed by atoms with Crippen LogP contribution >= 0.6 is 0 Å². The van der Waals surface area contributed by atoms with Crippen LogP contribution in [-0.2, 0) is 0 Å². The van der Waals surface area contributed by atoms with E-state index in [1.54, 1.807) is 0 Å². The van der Waals surface area contributed by atoms with E-state index in [4.69, 9.17) is 0 Å². The van der Waals surface area contributed by atoms with Crippen LogP contribution in [0, 0.1) is 5.92 Å². The summed E-state index contributed by atoms with van der Waals surface area (Å²) in [5.41, 5.74) is 4.50. The molecular weight excluding hydrogens is 136 g/mol. The van der Waals surface area contributed by atoms with Gasteiger partial charge in [-0.05, 0) is 46.5 Å². The third-order valence-electron chi connectivity index (χ3n) is 1.74. The molecule has 1 aliphatic rings. The molecule has 0 unspecified atom stereocenters. The second-order valence-electron chi connectivity index (χ2n) is 4.39. The van der Waals surface area contributed by atoms with Gasteiger partial charge in [-0.1, -0.05) is 0 Å². The summed E-state index contributed by atoms with van der Waals surface area (Å²) < 4.78 is 0. The Bertz CT molecular complexity index is 161. The van der Waals surface area contributed by atoms with Gasteiger partial charge in [0.1, 0.15) is 0 Å². The molecule has 0 aromatic heterocycles. The quantitative estimate of drug-likeness (QED) is 0.478. The molecule has 1 aliphatic carbocycles. The maximum absolute atomic E-state index is 4.32. The summed E-state index contributed by atoms with van der Waals surface area (Å²) in [5.74, 6) is 0.782. The molecule has 64 valence electrons. The van der Waals surface area contributed by atoms with Crippen LogP contribution in [0.25, 0.3) is 0 Å². The number of hydrogen-bond donors (Lipinski definition) is 1. The Balaban J connectivity index is 2.33. The Labute approximate surface area is 69.1 Å². The van der Waals surface area contributed by atoms with Crippen molar-refractivity contribution in [2.75, 3.05) is 0 Å². The molecule has 0 saturated heterocycles. The molecule has 0 radical (unpaired) electrons. The fraction of sp³-hybridized carbons (Fsp3) is 0.889. The standard InChI is InChI=1S/C9H18N2/c1-7(8-5-6-8)10-11-9(2,3)4/h8,11H,5-6H2,1-4H3/b10-7+. The van der Waals surface area contributed by atoms with Crippen LogP contribution in [0.4, 0.5) is 0 Å². The topological polar surface area (TPSA) is 24.4 Å². The van der Waals surface area contributed by atoms with Gasteiger partial charge in [0.15, 0.2) is 0 Å². The molecule has 1 N–H and O–H groups in total. The Morgan fingerprint density at radius 2 is 1.91 bits per heavy atom. The average Bonchev–Trinajstić information content (AvgIpc) is 2.61. The highest BCUT2D eigenvalue weighted by Crippen LogP contribution is 2.30. The first-order valence-electron chi connectivity index (χ1n) is 4.30. The summed E-state index contributed by atoms with van der Waals surface area (Å²) in [7, 11) is 0. The Morgan fingerprint density at radius 3 is 2.27 bits per heavy atom. The third kappa shape index (κ3) is 3.40. The minimum Gasteiger partial charge on any atom is -0.305 e. The largest absolute Gasteiger partial charge is 0.305 e. The van der Waals surface area contributed by atoms with Crippen molar-refractivity contribution in [2.24, 2.45) is 11.0 Å². The molecule has 2 heteroatoms. The molecule has 1 rings (SSSR count). The molecule has 0 amide bonds. The molecule has 0 bridgehead atoms. The Kier molecular flexibility index (Phi) is 2.21. The minimum absolute atomic E-state index is 0.107. The van der Waals surface area contributed by atoms with Gasteiger partial charge in [-0.2, -0.15) is 5.10 Å². The van der Waals surface area contributed by atoms with Crippen molar-refractivity contribution in [2.45, 2.75) is 46.1 Å². The van der Waals surface area contributed by atoms with E-state index in [9.17, 15) is 0 Å². The molecule has 0 aliphatic heterocycles. The van der Waals surface area contributed by atoms with Crippen molar-refractivity contribution in [1.82, 2.24) is 5.43 Å². The molecule has 1 saturated carbocycles. The van der Waals surface area contributed by atoms with Crippen molar-refractivity contribution in [1.29, 1.82) is 0 Å². The van der Waals surface area contributed by atoms with Crippen molar-refractivity contribution >= 4 is 5.71 Å². The summed E-state index contributed by atoms with van der Waals surface area (Å²) in [6.07, 6.45) is 2.67. The van der Waals surface area contributed by atoms with Crippen LogP contribution < -0.4 is 5.43 Å². The predicted molar refractivity (Wildman–Crippen MR) is 48.7 cm³/mol. The van der Waals surface area contributed by atoms with E-state index in [2.05, 4.69) is 38.2 Å². The number of nitrogens with zero attached hydrogens (tertiary/aromatic N) is 1. The second kappa shape index (κ2) is 2.84. The first kappa shape index (κ1) is 8.57. The van der Waals surface area contributed by atoms with Gasteiger partial charge in [0.2, 0.25) is 0 Å². The molecule has 2 nitrogen and oxygen atoms in total. The minimum atomic E-state index is 0.107. The van der Waals surface area contributed by atoms with Gasteiger partial charge in [0, 0.05) is 11.3 Å². The highest BCUT2D eigenvalue weighted by Gasteiger charge is 2.24. The summed E-state index contributed by atoms with van der Waals surface area (Å²) in [6.45, 7) is 8.47. The van der Waals surface area contributed by atoms with E-state index >= 15 is 0 Å². The highest BCUT2D eigenvalue weighted by atomic mass is 15.3.